The number of para-hydroxylation sites is 1. The zero-order valence-corrected chi connectivity index (χ0v) is 17.1. The van der Waals surface area contributed by atoms with Crippen LogP contribution in [0.2, 0.25) is 0 Å². The Morgan fingerprint density at radius 2 is 1.82 bits per heavy atom. The predicted octanol–water partition coefficient (Wildman–Crippen LogP) is 3.94. The number of amides is 2. The maximum atomic E-state index is 12.6. The van der Waals surface area contributed by atoms with Crippen LogP contribution in [-0.4, -0.2) is 30.8 Å². The van der Waals surface area contributed by atoms with Crippen LogP contribution in [0.1, 0.15) is 0 Å². The molecule has 3 heterocycles. The first-order chi connectivity index (χ1) is 16.2. The molecule has 0 bridgehead atoms. The van der Waals surface area contributed by atoms with Crippen molar-refractivity contribution in [1.82, 2.24) is 24.7 Å². The van der Waals surface area contributed by atoms with Crippen molar-refractivity contribution in [1.29, 1.82) is 0 Å². The van der Waals surface area contributed by atoms with Crippen molar-refractivity contribution < 1.29 is 9.53 Å². The lowest BCUT2D eigenvalue weighted by molar-refractivity contribution is 0.262. The molecule has 3 aromatic heterocycles. The van der Waals surface area contributed by atoms with Crippen LogP contribution in [0.25, 0.3) is 16.9 Å². The molecule has 0 spiro atoms. The Kier molecular flexibility index (Phi) is 5.22. The highest BCUT2D eigenvalue weighted by Crippen LogP contribution is 2.27. The highest BCUT2D eigenvalue weighted by molar-refractivity contribution is 5.99. The summed E-state index contributed by atoms with van der Waals surface area (Å²) < 4.78 is 7.54. The van der Waals surface area contributed by atoms with Crippen molar-refractivity contribution in [2.75, 3.05) is 10.6 Å². The number of fused-ring (bicyclic) bond motifs is 1. The van der Waals surface area contributed by atoms with Crippen LogP contribution in [0.5, 0.6) is 11.5 Å². The molecule has 0 saturated carbocycles. The minimum Gasteiger partial charge on any atom is -0.455 e. The molecule has 10 heteroatoms. The number of carbonyl (C=O) groups is 1. The van der Waals surface area contributed by atoms with Crippen molar-refractivity contribution in [3.8, 4) is 17.2 Å². The van der Waals surface area contributed by atoms with E-state index >= 15 is 0 Å². The number of rotatable bonds is 5. The molecule has 0 radical (unpaired) electrons. The maximum Gasteiger partial charge on any atom is 0.324 e. The molecule has 0 aliphatic carbocycles. The topological polar surface area (TPSA) is 127 Å². The third-order valence-corrected chi connectivity index (χ3v) is 4.65. The second kappa shape index (κ2) is 8.63. The van der Waals surface area contributed by atoms with Gasteiger partial charge in [-0.2, -0.15) is 5.10 Å². The second-order valence-corrected chi connectivity index (χ2v) is 6.93. The van der Waals surface area contributed by atoms with E-state index in [1.807, 2.05) is 30.3 Å². The number of ether oxygens (including phenoxy) is 1. The SMILES string of the molecule is O=C(Nc1cccc(Oc2ccnc3ncc(=O)[nH]c23)c1)Nc1ccnn1-c1ccccc1. The van der Waals surface area contributed by atoms with Gasteiger partial charge in [-0.05, 0) is 24.3 Å². The van der Waals surface area contributed by atoms with Crippen LogP contribution in [-0.2, 0) is 0 Å². The molecule has 2 amide bonds. The lowest BCUT2D eigenvalue weighted by Gasteiger charge is -2.12. The summed E-state index contributed by atoms with van der Waals surface area (Å²) in [5.41, 5.74) is 1.72. The minimum absolute atomic E-state index is 0.357. The van der Waals surface area contributed by atoms with Crippen molar-refractivity contribution >= 4 is 28.7 Å². The first kappa shape index (κ1) is 19.9. The molecule has 5 aromatic rings. The largest absolute Gasteiger partial charge is 0.455 e. The predicted molar refractivity (Wildman–Crippen MR) is 123 cm³/mol. The van der Waals surface area contributed by atoms with Gasteiger partial charge in [0.05, 0.1) is 18.1 Å². The molecule has 0 aliphatic heterocycles. The number of nitrogens with one attached hydrogen (secondary N) is 3. The van der Waals surface area contributed by atoms with E-state index in [1.54, 1.807) is 47.3 Å². The number of aromatic amines is 1. The van der Waals surface area contributed by atoms with Crippen LogP contribution in [0.3, 0.4) is 0 Å². The normalized spacial score (nSPS) is 10.7. The number of urea groups is 1. The van der Waals surface area contributed by atoms with E-state index in [-0.39, 0.29) is 5.56 Å². The molecule has 0 atom stereocenters. The van der Waals surface area contributed by atoms with Gasteiger partial charge in [0, 0.05) is 30.1 Å². The fraction of sp³-hybridized carbons (Fsp3) is 0. The zero-order chi connectivity index (χ0) is 22.6. The summed E-state index contributed by atoms with van der Waals surface area (Å²) in [5.74, 6) is 1.36. The van der Waals surface area contributed by atoms with Gasteiger partial charge in [-0.25, -0.2) is 19.4 Å². The van der Waals surface area contributed by atoms with Gasteiger partial charge in [-0.3, -0.25) is 10.1 Å². The molecule has 5 rings (SSSR count). The number of nitrogens with zero attached hydrogens (tertiary/aromatic N) is 4. The monoisotopic (exact) mass is 439 g/mol. The third-order valence-electron chi connectivity index (χ3n) is 4.65. The van der Waals surface area contributed by atoms with Gasteiger partial charge in [-0.15, -0.1) is 0 Å². The molecule has 2 aromatic carbocycles. The standard InChI is InChI=1S/C23H17N7O3/c31-20-14-25-22-21(29-20)18(9-11-24-22)33-17-8-4-5-15(13-17)27-23(32)28-19-10-12-26-30(19)16-6-2-1-3-7-16/h1-14H,(H,29,31)(H2,27,28,32). The van der Waals surface area contributed by atoms with Crippen LogP contribution < -0.4 is 20.9 Å². The summed E-state index contributed by atoms with van der Waals surface area (Å²) in [5, 5.41) is 9.83. The molecular weight excluding hydrogens is 422 g/mol. The molecule has 162 valence electrons. The summed E-state index contributed by atoms with van der Waals surface area (Å²) in [7, 11) is 0. The van der Waals surface area contributed by atoms with Crippen molar-refractivity contribution in [2.24, 2.45) is 0 Å². The van der Waals surface area contributed by atoms with E-state index in [2.05, 4.69) is 30.7 Å². The van der Waals surface area contributed by atoms with E-state index in [4.69, 9.17) is 4.74 Å². The quantitative estimate of drug-likeness (QED) is 0.381. The van der Waals surface area contributed by atoms with Crippen molar-refractivity contribution in [3.63, 3.8) is 0 Å². The van der Waals surface area contributed by atoms with Gasteiger partial charge in [-0.1, -0.05) is 24.3 Å². The highest BCUT2D eigenvalue weighted by Gasteiger charge is 2.11. The molecule has 33 heavy (non-hydrogen) atoms. The molecular formula is C23H17N7O3. The lowest BCUT2D eigenvalue weighted by Crippen LogP contribution is -2.21. The summed E-state index contributed by atoms with van der Waals surface area (Å²) >= 11 is 0. The molecule has 0 unspecified atom stereocenters. The number of aromatic nitrogens is 5. The van der Waals surface area contributed by atoms with Gasteiger partial charge >= 0.3 is 6.03 Å². The first-order valence-electron chi connectivity index (χ1n) is 9.95. The summed E-state index contributed by atoms with van der Waals surface area (Å²) in [4.78, 5) is 35.0. The summed E-state index contributed by atoms with van der Waals surface area (Å²) in [6.07, 6.45) is 4.30. The summed E-state index contributed by atoms with van der Waals surface area (Å²) in [6, 6.07) is 19.2. The van der Waals surface area contributed by atoms with Crippen LogP contribution in [0, 0.1) is 0 Å². The van der Waals surface area contributed by atoms with E-state index < -0.39 is 6.03 Å². The fourth-order valence-corrected chi connectivity index (χ4v) is 3.23. The van der Waals surface area contributed by atoms with Crippen LogP contribution in [0.4, 0.5) is 16.3 Å². The van der Waals surface area contributed by atoms with Crippen LogP contribution in [0.15, 0.2) is 90.1 Å². The number of pyridine rings is 1. The number of H-pyrrole nitrogens is 1. The van der Waals surface area contributed by atoms with Crippen molar-refractivity contribution in [3.05, 3.63) is 95.7 Å². The Balaban J connectivity index is 1.32. The lowest BCUT2D eigenvalue weighted by atomic mass is 10.3. The first-order valence-corrected chi connectivity index (χ1v) is 9.95. The van der Waals surface area contributed by atoms with Gasteiger partial charge in [0.25, 0.3) is 5.56 Å². The number of hydrogen-bond acceptors (Lipinski definition) is 6. The van der Waals surface area contributed by atoms with E-state index in [1.165, 1.54) is 6.20 Å². The molecule has 3 N–H and O–H groups in total. The molecule has 0 fully saturated rings. The highest BCUT2D eigenvalue weighted by atomic mass is 16.5. The Hall–Kier alpha value is -4.99. The second-order valence-electron chi connectivity index (χ2n) is 6.93. The molecule has 0 aliphatic rings. The van der Waals surface area contributed by atoms with Gasteiger partial charge in [0.1, 0.15) is 17.1 Å². The number of anilines is 2. The Labute approximate surface area is 186 Å². The third kappa shape index (κ3) is 4.39. The number of benzene rings is 2. The number of carbonyl (C=O) groups excluding carboxylic acids is 1. The van der Waals surface area contributed by atoms with E-state index in [0.29, 0.717) is 34.2 Å². The van der Waals surface area contributed by atoms with Gasteiger partial charge in [0.2, 0.25) is 0 Å². The Morgan fingerprint density at radius 1 is 0.939 bits per heavy atom. The Bertz CT molecular complexity index is 1500. The number of hydrogen-bond donors (Lipinski definition) is 3. The van der Waals surface area contributed by atoms with Crippen molar-refractivity contribution in [2.45, 2.75) is 0 Å². The maximum absolute atomic E-state index is 12.6. The average Bonchev–Trinajstić information content (AvgIpc) is 3.28. The van der Waals surface area contributed by atoms with Gasteiger partial charge < -0.3 is 15.0 Å². The minimum atomic E-state index is -0.437. The molecule has 0 saturated heterocycles. The van der Waals surface area contributed by atoms with Crippen LogP contribution >= 0.6 is 0 Å². The summed E-state index contributed by atoms with van der Waals surface area (Å²) in [6.45, 7) is 0. The fourth-order valence-electron chi connectivity index (χ4n) is 3.23. The zero-order valence-electron chi connectivity index (χ0n) is 17.1. The smallest absolute Gasteiger partial charge is 0.324 e. The average molecular weight is 439 g/mol. The molecule has 10 nitrogen and oxygen atoms in total. The van der Waals surface area contributed by atoms with E-state index in [0.717, 1.165) is 11.9 Å². The van der Waals surface area contributed by atoms with Gasteiger partial charge in [0.15, 0.2) is 11.4 Å². The Morgan fingerprint density at radius 3 is 2.70 bits per heavy atom. The van der Waals surface area contributed by atoms with E-state index in [9.17, 15) is 9.59 Å².